The number of thioether (sulfide) groups is 1. The van der Waals surface area contributed by atoms with Crippen molar-refractivity contribution in [2.45, 2.75) is 30.4 Å². The van der Waals surface area contributed by atoms with Crippen LogP contribution in [0.2, 0.25) is 0 Å². The Morgan fingerprint density at radius 1 is 0.921 bits per heavy atom. The molecule has 4 nitrogen and oxygen atoms in total. The zero-order chi connectivity index (χ0) is 26.7. The Balaban J connectivity index is 1.27. The summed E-state index contributed by atoms with van der Waals surface area (Å²) in [7, 11) is 0. The zero-order valence-electron chi connectivity index (χ0n) is 20.8. The molecule has 0 spiro atoms. The molecule has 0 saturated carbocycles. The zero-order valence-corrected chi connectivity index (χ0v) is 21.6. The molecular weight excluding hydrogens is 516 g/mol. The van der Waals surface area contributed by atoms with Gasteiger partial charge in [-0.05, 0) is 42.0 Å². The maximum atomic E-state index is 14.7. The van der Waals surface area contributed by atoms with Crippen molar-refractivity contribution in [1.82, 2.24) is 0 Å². The van der Waals surface area contributed by atoms with Gasteiger partial charge < -0.3 is 9.22 Å². The Morgan fingerprint density at radius 2 is 1.63 bits per heavy atom. The Hall–Kier alpha value is -3.04. The highest BCUT2D eigenvalue weighted by molar-refractivity contribution is 7.99. The molecule has 6 rings (SSSR count). The van der Waals surface area contributed by atoms with Crippen molar-refractivity contribution in [3.05, 3.63) is 95.6 Å². The summed E-state index contributed by atoms with van der Waals surface area (Å²) < 4.78 is 62.2. The molecule has 0 radical (unpaired) electrons. The summed E-state index contributed by atoms with van der Waals surface area (Å²) in [5.74, 6) is -1.22. The maximum absolute atomic E-state index is 14.7. The molecule has 3 aromatic carbocycles. The van der Waals surface area contributed by atoms with E-state index in [0.717, 1.165) is 43.0 Å². The Bertz CT molecular complexity index is 1280. The van der Waals surface area contributed by atoms with Gasteiger partial charge in [-0.25, -0.2) is 22.4 Å². The number of quaternary nitrogens is 1. The van der Waals surface area contributed by atoms with Crippen LogP contribution in [0, 0.1) is 29.2 Å². The van der Waals surface area contributed by atoms with E-state index in [9.17, 15) is 22.4 Å². The predicted octanol–water partition coefficient (Wildman–Crippen LogP) is 6.79. The first-order valence-electron chi connectivity index (χ1n) is 12.7. The van der Waals surface area contributed by atoms with Gasteiger partial charge in [-0.2, -0.15) is 0 Å². The third-order valence-corrected chi connectivity index (χ3v) is 8.66. The van der Waals surface area contributed by atoms with E-state index in [0.29, 0.717) is 22.8 Å². The third kappa shape index (κ3) is 5.99. The molecule has 3 heterocycles. The number of hydrogen-bond donors (Lipinski definition) is 0. The molecule has 3 fully saturated rings. The number of piperidine rings is 3. The van der Waals surface area contributed by atoms with Crippen LogP contribution >= 0.6 is 11.8 Å². The fourth-order valence-corrected chi connectivity index (χ4v) is 6.55. The van der Waals surface area contributed by atoms with Crippen molar-refractivity contribution < 1.29 is 31.6 Å². The molecule has 9 heteroatoms. The average Bonchev–Trinajstić information content (AvgIpc) is 2.91. The Labute approximate surface area is 223 Å². The van der Waals surface area contributed by atoms with Crippen molar-refractivity contribution in [1.29, 1.82) is 0 Å². The van der Waals surface area contributed by atoms with Crippen LogP contribution in [0.15, 0.2) is 71.6 Å². The number of anilines is 1. The molecule has 3 saturated heterocycles. The summed E-state index contributed by atoms with van der Waals surface area (Å²) in [6, 6.07) is 15.4. The van der Waals surface area contributed by atoms with Crippen molar-refractivity contribution in [3.8, 4) is 0 Å². The normalized spacial score (nSPS) is 22.3. The van der Waals surface area contributed by atoms with Gasteiger partial charge in [0, 0.05) is 35.5 Å². The van der Waals surface area contributed by atoms with Gasteiger partial charge in [0.15, 0.2) is 6.10 Å². The molecule has 1 amide bonds. The minimum Gasteiger partial charge on any atom is -0.440 e. The largest absolute Gasteiger partial charge is 0.440 e. The first-order valence-corrected chi connectivity index (χ1v) is 13.7. The molecule has 3 aliphatic heterocycles. The highest BCUT2D eigenvalue weighted by Crippen LogP contribution is 2.37. The van der Waals surface area contributed by atoms with Gasteiger partial charge in [0.2, 0.25) is 0 Å². The number of rotatable bonds is 8. The minimum absolute atomic E-state index is 0.0390. The van der Waals surface area contributed by atoms with Gasteiger partial charge in [-0.1, -0.05) is 24.3 Å². The number of ether oxygens (including phenoxy) is 1. The van der Waals surface area contributed by atoms with Gasteiger partial charge in [0.25, 0.3) is 0 Å². The lowest BCUT2D eigenvalue weighted by molar-refractivity contribution is -0.943. The molecule has 1 atom stereocenters. The summed E-state index contributed by atoms with van der Waals surface area (Å²) in [5.41, 5.74) is 0.749. The highest BCUT2D eigenvalue weighted by Gasteiger charge is 2.47. The topological polar surface area (TPSA) is 29.5 Å². The Kier molecular flexibility index (Phi) is 7.95. The molecule has 200 valence electrons. The van der Waals surface area contributed by atoms with Gasteiger partial charge >= 0.3 is 6.09 Å². The summed E-state index contributed by atoms with van der Waals surface area (Å²) in [6.45, 7) is 3.37. The number of nitrogens with zero attached hydrogens (tertiary/aromatic N) is 2. The summed E-state index contributed by atoms with van der Waals surface area (Å²) in [6.07, 6.45) is 0.857. The molecule has 38 heavy (non-hydrogen) atoms. The van der Waals surface area contributed by atoms with Gasteiger partial charge in [-0.3, -0.25) is 4.90 Å². The molecule has 0 aliphatic carbocycles. The molecule has 0 aromatic heterocycles. The van der Waals surface area contributed by atoms with Crippen LogP contribution in [-0.2, 0) is 11.3 Å². The van der Waals surface area contributed by atoms with Crippen LogP contribution in [0.25, 0.3) is 0 Å². The van der Waals surface area contributed by atoms with Crippen LogP contribution in [-0.4, -0.2) is 48.6 Å². The number of fused-ring (bicyclic) bond motifs is 3. The quantitative estimate of drug-likeness (QED) is 0.177. The Morgan fingerprint density at radius 3 is 2.34 bits per heavy atom. The van der Waals surface area contributed by atoms with E-state index in [-0.39, 0.29) is 24.3 Å². The van der Waals surface area contributed by atoms with Crippen molar-refractivity contribution in [3.63, 3.8) is 0 Å². The second-order valence-electron chi connectivity index (χ2n) is 10.0. The van der Waals surface area contributed by atoms with Crippen LogP contribution in [0.1, 0.15) is 18.4 Å². The minimum atomic E-state index is -0.640. The predicted molar refractivity (Wildman–Crippen MR) is 139 cm³/mol. The second-order valence-corrected chi connectivity index (χ2v) is 11.2. The summed E-state index contributed by atoms with van der Waals surface area (Å²) >= 11 is 1.36. The average molecular weight is 546 g/mol. The summed E-state index contributed by atoms with van der Waals surface area (Å²) in [4.78, 5) is 15.1. The molecule has 3 aliphatic rings. The van der Waals surface area contributed by atoms with E-state index in [4.69, 9.17) is 4.74 Å². The monoisotopic (exact) mass is 545 g/mol. The molecule has 3 aromatic rings. The van der Waals surface area contributed by atoms with E-state index < -0.39 is 29.4 Å². The van der Waals surface area contributed by atoms with Crippen molar-refractivity contribution in [2.75, 3.05) is 36.8 Å². The number of halogens is 4. The highest BCUT2D eigenvalue weighted by atomic mass is 32.2. The molecule has 0 N–H and O–H groups in total. The third-order valence-electron chi connectivity index (χ3n) is 7.63. The van der Waals surface area contributed by atoms with Crippen LogP contribution in [0.3, 0.4) is 0 Å². The molecule has 2 bridgehead atoms. The first-order chi connectivity index (χ1) is 18.3. The fraction of sp³-hybridized carbons (Fsp3) is 0.345. The first kappa shape index (κ1) is 26.6. The molecule has 1 unspecified atom stereocenters. The number of para-hydroxylation sites is 1. The summed E-state index contributed by atoms with van der Waals surface area (Å²) in [5, 5.41) is 0. The van der Waals surface area contributed by atoms with E-state index in [1.807, 2.05) is 0 Å². The second kappa shape index (κ2) is 11.4. The van der Waals surface area contributed by atoms with E-state index in [1.54, 1.807) is 24.3 Å². The number of hydrogen-bond acceptors (Lipinski definition) is 3. The number of carbonyl (C=O) groups is 1. The SMILES string of the molecule is O=C(OC1C[N+]2(CCSc3ccc(F)cc3F)CCC1CC2)N(Cc1ccc(F)cc1)c1ccccc1F. The van der Waals surface area contributed by atoms with Crippen LogP contribution < -0.4 is 4.90 Å². The number of carbonyl (C=O) groups excluding carboxylic acids is 1. The fourth-order valence-electron chi connectivity index (χ4n) is 5.49. The van der Waals surface area contributed by atoms with Crippen LogP contribution in [0.4, 0.5) is 28.0 Å². The lowest BCUT2D eigenvalue weighted by Gasteiger charge is -2.52. The lowest BCUT2D eigenvalue weighted by atomic mass is 9.83. The van der Waals surface area contributed by atoms with E-state index in [1.165, 1.54) is 53.1 Å². The van der Waals surface area contributed by atoms with Gasteiger partial charge in [-0.15, -0.1) is 11.8 Å². The number of benzene rings is 3. The van der Waals surface area contributed by atoms with E-state index >= 15 is 0 Å². The maximum Gasteiger partial charge on any atom is 0.415 e. The standard InChI is InChI=1S/C29H29F4N2O2S/c30-22-7-5-20(6-8-22)18-34(26-4-2-1-3-24(26)32)29(36)37-27-19-35(13-11-21(27)12-14-35)15-16-38-28-10-9-23(31)17-25(28)33/h1-10,17,21,27H,11-16,18-19H2/q+1. The number of amides is 1. The van der Waals surface area contributed by atoms with Crippen LogP contribution in [0.5, 0.6) is 0 Å². The van der Waals surface area contributed by atoms with Gasteiger partial charge in [0.1, 0.15) is 29.8 Å². The van der Waals surface area contributed by atoms with Gasteiger partial charge in [0.05, 0.1) is 31.9 Å². The lowest BCUT2D eigenvalue weighted by Crippen LogP contribution is -2.65. The smallest absolute Gasteiger partial charge is 0.415 e. The molecular formula is C29H29F4N2O2S+. The van der Waals surface area contributed by atoms with E-state index in [2.05, 4.69) is 0 Å². The van der Waals surface area contributed by atoms with Crippen molar-refractivity contribution >= 4 is 23.5 Å². The van der Waals surface area contributed by atoms with Crippen molar-refractivity contribution in [2.24, 2.45) is 5.92 Å².